The predicted octanol–water partition coefficient (Wildman–Crippen LogP) is 7.18. The number of halogens is 1. The third kappa shape index (κ3) is 18.2. The largest absolute Gasteiger partial charge is 0.355 e. The maximum Gasteiger partial charge on any atom is 0.166 e. The van der Waals surface area contributed by atoms with E-state index in [1.54, 1.807) is 7.11 Å². The molecular formula is C21H39BrO2. The number of hydrogen-bond acceptors (Lipinski definition) is 2. The van der Waals surface area contributed by atoms with Crippen molar-refractivity contribution >= 4 is 15.9 Å². The first-order chi connectivity index (χ1) is 11.8. The molecule has 0 amide bonds. The van der Waals surface area contributed by atoms with Crippen LogP contribution in [0, 0.1) is 0 Å². The highest BCUT2D eigenvalue weighted by Gasteiger charge is 2.03. The van der Waals surface area contributed by atoms with Crippen LogP contribution in [0.5, 0.6) is 0 Å². The molecule has 0 aromatic heterocycles. The van der Waals surface area contributed by atoms with E-state index < -0.39 is 0 Å². The minimum absolute atomic E-state index is 0.0945. The van der Waals surface area contributed by atoms with E-state index in [9.17, 15) is 0 Å². The summed E-state index contributed by atoms with van der Waals surface area (Å²) in [6.07, 6.45) is 24.5. The van der Waals surface area contributed by atoms with Gasteiger partial charge in [-0.25, -0.2) is 0 Å². The molecule has 0 fully saturated rings. The van der Waals surface area contributed by atoms with E-state index >= 15 is 0 Å². The van der Waals surface area contributed by atoms with Gasteiger partial charge in [0.15, 0.2) is 6.29 Å². The normalized spacial score (nSPS) is 13.3. The second kappa shape index (κ2) is 20.9. The van der Waals surface area contributed by atoms with Crippen LogP contribution in [0.3, 0.4) is 0 Å². The van der Waals surface area contributed by atoms with Crippen LogP contribution in [0.25, 0.3) is 0 Å². The molecule has 0 radical (unpaired) electrons. The lowest BCUT2D eigenvalue weighted by Gasteiger charge is -2.12. The lowest BCUT2D eigenvalue weighted by molar-refractivity contribution is -0.107. The van der Waals surface area contributed by atoms with Crippen LogP contribution >= 0.6 is 15.9 Å². The van der Waals surface area contributed by atoms with E-state index in [1.165, 1.54) is 64.2 Å². The smallest absolute Gasteiger partial charge is 0.166 e. The van der Waals surface area contributed by atoms with Gasteiger partial charge in [-0.05, 0) is 38.5 Å². The lowest BCUT2D eigenvalue weighted by atomic mass is 10.1. The fourth-order valence-electron chi connectivity index (χ4n) is 2.48. The van der Waals surface area contributed by atoms with Gasteiger partial charge in [0.2, 0.25) is 0 Å². The molecule has 0 aliphatic rings. The highest BCUT2D eigenvalue weighted by atomic mass is 79.9. The van der Waals surface area contributed by atoms with E-state index in [2.05, 4.69) is 47.2 Å². The molecule has 1 unspecified atom stereocenters. The van der Waals surface area contributed by atoms with Gasteiger partial charge in [-0.1, -0.05) is 85.7 Å². The fraction of sp³-hybridized carbons (Fsp3) is 0.810. The fourth-order valence-corrected chi connectivity index (χ4v) is 2.93. The monoisotopic (exact) mass is 402 g/mol. The quantitative estimate of drug-likeness (QED) is 0.104. The molecule has 0 saturated heterocycles. The van der Waals surface area contributed by atoms with Gasteiger partial charge in [0, 0.05) is 13.7 Å². The summed E-state index contributed by atoms with van der Waals surface area (Å²) in [5.74, 6) is 0. The molecule has 2 nitrogen and oxygen atoms in total. The summed E-state index contributed by atoms with van der Waals surface area (Å²) in [4.78, 5) is 0. The highest BCUT2D eigenvalue weighted by molar-refractivity contribution is 9.09. The Kier molecular flexibility index (Phi) is 20.8. The van der Waals surface area contributed by atoms with Crippen molar-refractivity contribution in [2.24, 2.45) is 0 Å². The second-order valence-corrected chi connectivity index (χ2v) is 6.92. The van der Waals surface area contributed by atoms with E-state index in [-0.39, 0.29) is 6.29 Å². The van der Waals surface area contributed by atoms with Crippen LogP contribution < -0.4 is 0 Å². The van der Waals surface area contributed by atoms with Gasteiger partial charge in [-0.2, -0.15) is 0 Å². The van der Waals surface area contributed by atoms with Crippen LogP contribution in [-0.2, 0) is 9.47 Å². The Hall–Kier alpha value is -0.120. The number of methoxy groups -OCH3 is 1. The van der Waals surface area contributed by atoms with Crippen molar-refractivity contribution in [3.05, 3.63) is 24.3 Å². The topological polar surface area (TPSA) is 18.5 Å². The van der Waals surface area contributed by atoms with Crippen LogP contribution in [0.1, 0.15) is 84.0 Å². The van der Waals surface area contributed by atoms with Gasteiger partial charge in [-0.15, -0.1) is 0 Å². The SMILES string of the molecule is CCCCC/C=C/C/C=C/CCCCCCCCOC(CBr)OC. The molecule has 0 aromatic carbocycles. The van der Waals surface area contributed by atoms with Gasteiger partial charge in [-0.3, -0.25) is 0 Å². The number of hydrogen-bond donors (Lipinski definition) is 0. The van der Waals surface area contributed by atoms with Crippen molar-refractivity contribution in [3.63, 3.8) is 0 Å². The van der Waals surface area contributed by atoms with Crippen molar-refractivity contribution < 1.29 is 9.47 Å². The number of ether oxygens (including phenoxy) is 2. The van der Waals surface area contributed by atoms with Gasteiger partial charge in [0.25, 0.3) is 0 Å². The molecule has 0 aliphatic carbocycles. The first-order valence-electron chi connectivity index (χ1n) is 9.85. The Morgan fingerprint density at radius 2 is 1.38 bits per heavy atom. The summed E-state index contributed by atoms with van der Waals surface area (Å²) < 4.78 is 10.7. The van der Waals surface area contributed by atoms with Gasteiger partial charge in [0.1, 0.15) is 0 Å². The summed E-state index contributed by atoms with van der Waals surface area (Å²) in [7, 11) is 1.68. The summed E-state index contributed by atoms with van der Waals surface area (Å²) in [6, 6.07) is 0. The second-order valence-electron chi connectivity index (χ2n) is 6.27. The molecule has 0 heterocycles. The molecule has 3 heteroatoms. The Bertz CT molecular complexity index is 286. The zero-order valence-corrected chi connectivity index (χ0v) is 17.6. The summed E-state index contributed by atoms with van der Waals surface area (Å²) in [5.41, 5.74) is 0. The maximum atomic E-state index is 5.58. The average molecular weight is 403 g/mol. The molecule has 1 atom stereocenters. The van der Waals surface area contributed by atoms with Crippen molar-refractivity contribution in [3.8, 4) is 0 Å². The molecular weight excluding hydrogens is 364 g/mol. The molecule has 0 rings (SSSR count). The van der Waals surface area contributed by atoms with Crippen molar-refractivity contribution in [2.45, 2.75) is 90.3 Å². The van der Waals surface area contributed by atoms with Crippen molar-refractivity contribution in [2.75, 3.05) is 19.0 Å². The number of allylic oxidation sites excluding steroid dienone is 4. The predicted molar refractivity (Wildman–Crippen MR) is 110 cm³/mol. The van der Waals surface area contributed by atoms with Gasteiger partial charge < -0.3 is 9.47 Å². The van der Waals surface area contributed by atoms with Crippen LogP contribution in [-0.4, -0.2) is 25.3 Å². The first kappa shape index (κ1) is 23.9. The molecule has 0 spiro atoms. The summed E-state index contributed by atoms with van der Waals surface area (Å²) in [6.45, 7) is 3.06. The van der Waals surface area contributed by atoms with Gasteiger partial charge >= 0.3 is 0 Å². The van der Waals surface area contributed by atoms with Gasteiger partial charge in [0.05, 0.1) is 5.33 Å². The maximum absolute atomic E-state index is 5.58. The molecule has 0 saturated carbocycles. The van der Waals surface area contributed by atoms with E-state index in [0.717, 1.165) is 24.8 Å². The Labute approximate surface area is 159 Å². The third-order valence-corrected chi connectivity index (χ3v) is 4.57. The molecule has 142 valence electrons. The molecule has 0 N–H and O–H groups in total. The van der Waals surface area contributed by atoms with Crippen LogP contribution in [0.15, 0.2) is 24.3 Å². The van der Waals surface area contributed by atoms with Crippen molar-refractivity contribution in [1.82, 2.24) is 0 Å². The zero-order valence-electron chi connectivity index (χ0n) is 16.0. The average Bonchev–Trinajstić information content (AvgIpc) is 2.61. The number of alkyl halides is 1. The van der Waals surface area contributed by atoms with Crippen LogP contribution in [0.4, 0.5) is 0 Å². The summed E-state index contributed by atoms with van der Waals surface area (Å²) in [5, 5.41) is 0.742. The lowest BCUT2D eigenvalue weighted by Crippen LogP contribution is -2.17. The van der Waals surface area contributed by atoms with Crippen molar-refractivity contribution in [1.29, 1.82) is 0 Å². The number of unbranched alkanes of at least 4 members (excludes halogenated alkanes) is 9. The summed E-state index contributed by atoms with van der Waals surface area (Å²) >= 11 is 3.37. The zero-order chi connectivity index (χ0) is 17.7. The molecule has 24 heavy (non-hydrogen) atoms. The number of rotatable bonds is 18. The first-order valence-corrected chi connectivity index (χ1v) is 11.0. The molecule has 0 aliphatic heterocycles. The van der Waals surface area contributed by atoms with E-state index in [1.807, 2.05) is 0 Å². The molecule has 0 bridgehead atoms. The Morgan fingerprint density at radius 3 is 1.96 bits per heavy atom. The Morgan fingerprint density at radius 1 is 0.792 bits per heavy atom. The van der Waals surface area contributed by atoms with E-state index in [0.29, 0.717) is 0 Å². The standard InChI is InChI=1S/C21H39BrO2/c1-3-4-5-6-7-8-9-10-11-12-13-14-15-16-17-18-19-24-21(20-22)23-2/h7-8,10-11,21H,3-6,9,12-20H2,1-2H3/b8-7+,11-10+. The minimum atomic E-state index is -0.0945. The van der Waals surface area contributed by atoms with E-state index in [4.69, 9.17) is 9.47 Å². The third-order valence-electron chi connectivity index (χ3n) is 4.04. The van der Waals surface area contributed by atoms with Crippen LogP contribution in [0.2, 0.25) is 0 Å². The minimum Gasteiger partial charge on any atom is -0.355 e. The molecule has 0 aromatic rings. The Balaban J connectivity index is 3.20. The highest BCUT2D eigenvalue weighted by Crippen LogP contribution is 2.09.